The fourth-order valence-corrected chi connectivity index (χ4v) is 4.86. The number of nitrogens with two attached hydrogens (primary N) is 2. The lowest BCUT2D eigenvalue weighted by atomic mass is 10.0. The lowest BCUT2D eigenvalue weighted by molar-refractivity contribution is -0.144. The van der Waals surface area contributed by atoms with Gasteiger partial charge in [0.25, 0.3) is 0 Å². The minimum absolute atomic E-state index is 0.0636. The normalized spacial score (nSPS) is 17.7. The van der Waals surface area contributed by atoms with Gasteiger partial charge in [0.15, 0.2) is 0 Å². The van der Waals surface area contributed by atoms with E-state index in [-0.39, 0.29) is 56.7 Å². The predicted molar refractivity (Wildman–Crippen MR) is 162 cm³/mol. The largest absolute Gasteiger partial charge is 0.481 e. The zero-order valence-electron chi connectivity index (χ0n) is 25.6. The van der Waals surface area contributed by atoms with Crippen molar-refractivity contribution in [2.45, 2.75) is 102 Å². The van der Waals surface area contributed by atoms with Crippen molar-refractivity contribution in [3.63, 3.8) is 0 Å². The second-order valence-electron chi connectivity index (χ2n) is 11.3. The van der Waals surface area contributed by atoms with E-state index in [1.54, 1.807) is 13.8 Å². The number of thiol groups is 1. The van der Waals surface area contributed by atoms with Crippen molar-refractivity contribution in [2.75, 3.05) is 12.3 Å². The van der Waals surface area contributed by atoms with Gasteiger partial charge in [-0.15, -0.1) is 0 Å². The molecule has 18 heteroatoms. The lowest BCUT2D eigenvalue weighted by Crippen LogP contribution is -2.58. The molecule has 0 radical (unpaired) electrons. The number of carboxylic acid groups (broad SMARTS) is 2. The first-order valence-electron chi connectivity index (χ1n) is 14.6. The van der Waals surface area contributed by atoms with Gasteiger partial charge in [-0.2, -0.15) is 12.6 Å². The zero-order chi connectivity index (χ0) is 34.4. The van der Waals surface area contributed by atoms with Crippen molar-refractivity contribution >= 4 is 60.0 Å². The Morgan fingerprint density at radius 3 is 1.98 bits per heavy atom. The molecule has 0 aromatic rings. The van der Waals surface area contributed by atoms with Crippen molar-refractivity contribution in [3.05, 3.63) is 0 Å². The summed E-state index contributed by atoms with van der Waals surface area (Å²) in [6.07, 6.45) is -0.187. The Bertz CT molecular complexity index is 1120. The van der Waals surface area contributed by atoms with E-state index in [0.29, 0.717) is 6.42 Å². The van der Waals surface area contributed by atoms with E-state index >= 15 is 0 Å². The number of primary amides is 1. The van der Waals surface area contributed by atoms with Crippen molar-refractivity contribution in [1.29, 1.82) is 0 Å². The molecule has 0 saturated carbocycles. The first kappa shape index (κ1) is 39.1. The number of nitrogens with one attached hydrogen (secondary N) is 4. The molecule has 6 amide bonds. The Balaban J connectivity index is 2.93. The molecule has 6 atom stereocenters. The van der Waals surface area contributed by atoms with Gasteiger partial charge in [-0.05, 0) is 44.9 Å². The molecule has 0 aromatic carbocycles. The topological polar surface area (TPSA) is 280 Å². The maximum Gasteiger partial charge on any atom is 0.326 e. The highest BCUT2D eigenvalue weighted by atomic mass is 32.1. The van der Waals surface area contributed by atoms with Crippen LogP contribution in [-0.2, 0) is 38.4 Å². The molecule has 1 aliphatic heterocycles. The molecule has 1 aliphatic rings. The molecule has 0 spiro atoms. The Morgan fingerprint density at radius 2 is 1.44 bits per heavy atom. The molecule has 254 valence electrons. The Morgan fingerprint density at radius 1 is 0.844 bits per heavy atom. The van der Waals surface area contributed by atoms with Crippen molar-refractivity contribution in [2.24, 2.45) is 17.4 Å². The molecule has 45 heavy (non-hydrogen) atoms. The summed E-state index contributed by atoms with van der Waals surface area (Å²) in [5, 5.41) is 28.0. The first-order chi connectivity index (χ1) is 21.0. The maximum absolute atomic E-state index is 13.3. The van der Waals surface area contributed by atoms with Gasteiger partial charge in [0.1, 0.15) is 30.2 Å². The van der Waals surface area contributed by atoms with Crippen molar-refractivity contribution in [3.8, 4) is 0 Å². The van der Waals surface area contributed by atoms with Gasteiger partial charge in [-0.1, -0.05) is 13.8 Å². The lowest BCUT2D eigenvalue weighted by Gasteiger charge is -2.29. The van der Waals surface area contributed by atoms with Crippen molar-refractivity contribution in [1.82, 2.24) is 26.2 Å². The third-order valence-corrected chi connectivity index (χ3v) is 7.39. The van der Waals surface area contributed by atoms with Crippen LogP contribution in [0.15, 0.2) is 0 Å². The van der Waals surface area contributed by atoms with E-state index in [1.165, 1.54) is 11.8 Å². The summed E-state index contributed by atoms with van der Waals surface area (Å²) in [6, 6.07) is -7.09. The van der Waals surface area contributed by atoms with Gasteiger partial charge in [0.2, 0.25) is 35.4 Å². The molecule has 0 unspecified atom stereocenters. The van der Waals surface area contributed by atoms with E-state index in [4.69, 9.17) is 16.6 Å². The van der Waals surface area contributed by atoms with Gasteiger partial charge in [0, 0.05) is 25.1 Å². The minimum Gasteiger partial charge on any atom is -0.481 e. The van der Waals surface area contributed by atoms with Crippen LogP contribution in [0.1, 0.15) is 65.7 Å². The molecule has 0 aromatic heterocycles. The number of hydrogen-bond acceptors (Lipinski definition) is 10. The molecule has 1 heterocycles. The van der Waals surface area contributed by atoms with E-state index in [2.05, 4.69) is 33.9 Å². The van der Waals surface area contributed by atoms with Crippen LogP contribution < -0.4 is 32.7 Å². The number of hydrogen-bond donors (Lipinski definition) is 9. The Labute approximate surface area is 266 Å². The summed E-state index contributed by atoms with van der Waals surface area (Å²) in [4.78, 5) is 99.7. The maximum atomic E-state index is 13.3. The van der Waals surface area contributed by atoms with Gasteiger partial charge >= 0.3 is 11.9 Å². The zero-order valence-corrected chi connectivity index (χ0v) is 26.5. The molecule has 1 fully saturated rings. The highest BCUT2D eigenvalue weighted by Crippen LogP contribution is 2.19. The summed E-state index contributed by atoms with van der Waals surface area (Å²) in [7, 11) is 0. The second-order valence-corrected chi connectivity index (χ2v) is 11.7. The monoisotopic (exact) mass is 659 g/mol. The van der Waals surface area contributed by atoms with Crippen LogP contribution in [0.25, 0.3) is 0 Å². The molecule has 0 aliphatic carbocycles. The number of nitrogens with zero attached hydrogens (tertiary/aromatic N) is 1. The van der Waals surface area contributed by atoms with Gasteiger partial charge in [0.05, 0.1) is 6.04 Å². The molecular formula is C27H45N7O10S. The van der Waals surface area contributed by atoms with E-state index in [0.717, 1.165) is 0 Å². The summed E-state index contributed by atoms with van der Waals surface area (Å²) in [6.45, 7) is 5.10. The molecule has 1 rings (SSSR count). The van der Waals surface area contributed by atoms with Crippen LogP contribution in [-0.4, -0.2) is 111 Å². The van der Waals surface area contributed by atoms with Crippen LogP contribution in [0.4, 0.5) is 0 Å². The number of amides is 6. The summed E-state index contributed by atoms with van der Waals surface area (Å²) in [5.74, 6) is -7.05. The standard InChI is InChI=1S/C27H45N7O10S/c1-13(2)11-17(27(43)44)32-23(39)16(7-8-20(29)35)31-25(41)19-5-4-10-34(19)26(42)14(3)30-24(40)18(12-45)33-22(38)15(28)6-9-21(36)37/h13-19,45H,4-12,28H2,1-3H3,(H2,29,35)(H,30,40)(H,31,41)(H,32,39)(H,33,38)(H,36,37)(H,43,44)/t14-,15-,16-,17-,18-,19-/m0/s1. The number of rotatable bonds is 19. The SMILES string of the molecule is CC(C)C[C@H](NC(=O)[C@H](CCC(N)=O)NC(=O)[C@@H]1CCCN1C(=O)[C@H](C)NC(=O)[C@H](CS)NC(=O)[C@@H](N)CCC(=O)O)C(=O)O. The number of carboxylic acids is 2. The van der Waals surface area contributed by atoms with Crippen LogP contribution in [0.5, 0.6) is 0 Å². The number of aliphatic carboxylic acids is 2. The molecule has 17 nitrogen and oxygen atoms in total. The quantitative estimate of drug-likeness (QED) is 0.0651. The fourth-order valence-electron chi connectivity index (χ4n) is 4.60. The van der Waals surface area contributed by atoms with Crippen LogP contribution >= 0.6 is 12.6 Å². The fraction of sp³-hybridized carbons (Fsp3) is 0.704. The summed E-state index contributed by atoms with van der Waals surface area (Å²) < 4.78 is 0. The third kappa shape index (κ3) is 13.3. The minimum atomic E-state index is -1.31. The Hall–Kier alpha value is -3.93. The number of carbonyl (C=O) groups is 8. The predicted octanol–water partition coefficient (Wildman–Crippen LogP) is -2.55. The number of likely N-dealkylation sites (tertiary alicyclic amines) is 1. The van der Waals surface area contributed by atoms with Gasteiger partial charge in [-0.3, -0.25) is 33.6 Å². The van der Waals surface area contributed by atoms with Gasteiger partial charge < -0.3 is 47.8 Å². The van der Waals surface area contributed by atoms with Crippen LogP contribution in [0.2, 0.25) is 0 Å². The van der Waals surface area contributed by atoms with Crippen molar-refractivity contribution < 1.29 is 48.6 Å². The van der Waals surface area contributed by atoms with Gasteiger partial charge in [-0.25, -0.2) is 4.79 Å². The van der Waals surface area contributed by atoms with Crippen LogP contribution in [0.3, 0.4) is 0 Å². The molecule has 0 bridgehead atoms. The van der Waals surface area contributed by atoms with E-state index in [9.17, 15) is 43.5 Å². The van der Waals surface area contributed by atoms with E-state index < -0.39 is 83.6 Å². The summed E-state index contributed by atoms with van der Waals surface area (Å²) in [5.41, 5.74) is 10.9. The smallest absolute Gasteiger partial charge is 0.326 e. The third-order valence-electron chi connectivity index (χ3n) is 7.02. The second kappa shape index (κ2) is 18.8. The average Bonchev–Trinajstić information content (AvgIpc) is 3.45. The number of carbonyl (C=O) groups excluding carboxylic acids is 6. The highest BCUT2D eigenvalue weighted by molar-refractivity contribution is 7.80. The first-order valence-corrected chi connectivity index (χ1v) is 15.2. The van der Waals surface area contributed by atoms with Crippen LogP contribution in [0, 0.1) is 5.92 Å². The van der Waals surface area contributed by atoms with E-state index in [1.807, 2.05) is 0 Å². The Kier molecular flexibility index (Phi) is 16.3. The highest BCUT2D eigenvalue weighted by Gasteiger charge is 2.38. The molecule has 1 saturated heterocycles. The average molecular weight is 660 g/mol. The molecule has 10 N–H and O–H groups in total. The summed E-state index contributed by atoms with van der Waals surface area (Å²) >= 11 is 4.06. The molecular weight excluding hydrogens is 614 g/mol.